The van der Waals surface area contributed by atoms with Crippen LogP contribution in [0.2, 0.25) is 0 Å². The first-order chi connectivity index (χ1) is 6.97. The summed E-state index contributed by atoms with van der Waals surface area (Å²) in [5, 5.41) is 19.4. The van der Waals surface area contributed by atoms with Crippen molar-refractivity contribution in [3.63, 3.8) is 0 Å². The average Bonchev–Trinajstić information content (AvgIpc) is 2.16. The summed E-state index contributed by atoms with van der Waals surface area (Å²) >= 11 is 0. The van der Waals surface area contributed by atoms with Crippen LogP contribution in [0.15, 0.2) is 6.07 Å². The van der Waals surface area contributed by atoms with Gasteiger partial charge in [-0.2, -0.15) is 0 Å². The summed E-state index contributed by atoms with van der Waals surface area (Å²) in [5.74, 6) is -2.24. The SMILES string of the molecule is COc1cc(O)c([N+](=O)[O-])nc1C(F)F. The first-order valence-electron chi connectivity index (χ1n) is 3.67. The molecule has 6 nitrogen and oxygen atoms in total. The lowest BCUT2D eigenvalue weighted by Crippen LogP contribution is -2.00. The highest BCUT2D eigenvalue weighted by Crippen LogP contribution is 2.34. The zero-order valence-corrected chi connectivity index (χ0v) is 7.48. The predicted molar refractivity (Wildman–Crippen MR) is 44.1 cm³/mol. The van der Waals surface area contributed by atoms with Gasteiger partial charge < -0.3 is 20.0 Å². The highest BCUT2D eigenvalue weighted by Gasteiger charge is 2.28. The van der Waals surface area contributed by atoms with E-state index in [-0.39, 0.29) is 0 Å². The molecule has 0 bridgehead atoms. The molecule has 1 N–H and O–H groups in total. The number of ether oxygens (including phenoxy) is 1. The second-order valence-corrected chi connectivity index (χ2v) is 2.48. The maximum Gasteiger partial charge on any atom is 0.406 e. The van der Waals surface area contributed by atoms with Gasteiger partial charge in [0.25, 0.3) is 5.69 Å². The molecule has 0 aliphatic rings. The number of pyridine rings is 1. The molecule has 0 aromatic carbocycles. The van der Waals surface area contributed by atoms with Crippen molar-refractivity contribution >= 4 is 5.82 Å². The molecule has 0 amide bonds. The summed E-state index contributed by atoms with van der Waals surface area (Å²) < 4.78 is 29.2. The van der Waals surface area contributed by atoms with Gasteiger partial charge in [0.1, 0.15) is 0 Å². The van der Waals surface area contributed by atoms with Crippen LogP contribution in [0.25, 0.3) is 0 Å². The van der Waals surface area contributed by atoms with Gasteiger partial charge in [0.15, 0.2) is 5.75 Å². The van der Waals surface area contributed by atoms with E-state index in [9.17, 15) is 18.9 Å². The molecule has 0 spiro atoms. The zero-order valence-electron chi connectivity index (χ0n) is 7.48. The van der Waals surface area contributed by atoms with Crippen molar-refractivity contribution in [3.05, 3.63) is 21.9 Å². The number of aromatic hydroxyl groups is 1. The predicted octanol–water partition coefficient (Wildman–Crippen LogP) is 1.64. The van der Waals surface area contributed by atoms with Crippen molar-refractivity contribution in [1.29, 1.82) is 0 Å². The largest absolute Gasteiger partial charge is 0.501 e. The van der Waals surface area contributed by atoms with E-state index in [4.69, 9.17) is 5.11 Å². The highest BCUT2D eigenvalue weighted by atomic mass is 19.3. The fourth-order valence-corrected chi connectivity index (χ4v) is 0.943. The summed E-state index contributed by atoms with van der Waals surface area (Å²) in [5.41, 5.74) is -0.873. The minimum atomic E-state index is -3.01. The topological polar surface area (TPSA) is 85.5 Å². The van der Waals surface area contributed by atoms with Crippen molar-refractivity contribution in [2.24, 2.45) is 0 Å². The number of nitro groups is 1. The van der Waals surface area contributed by atoms with Crippen LogP contribution in [-0.2, 0) is 0 Å². The molecule has 0 radical (unpaired) electrons. The molecule has 1 aromatic rings. The van der Waals surface area contributed by atoms with Crippen LogP contribution in [0, 0.1) is 10.1 Å². The molecule has 8 heteroatoms. The quantitative estimate of drug-likeness (QED) is 0.618. The van der Waals surface area contributed by atoms with E-state index < -0.39 is 34.4 Å². The summed E-state index contributed by atoms with van der Waals surface area (Å²) in [6.07, 6.45) is -3.01. The van der Waals surface area contributed by atoms with E-state index in [0.717, 1.165) is 13.2 Å². The minimum Gasteiger partial charge on any atom is -0.501 e. The molecule has 0 saturated carbocycles. The first kappa shape index (κ1) is 11.1. The average molecular weight is 220 g/mol. The number of methoxy groups -OCH3 is 1. The number of nitrogens with zero attached hydrogens (tertiary/aromatic N) is 2. The first-order valence-corrected chi connectivity index (χ1v) is 3.67. The fraction of sp³-hybridized carbons (Fsp3) is 0.286. The normalized spacial score (nSPS) is 10.4. The molecule has 0 fully saturated rings. The Hall–Kier alpha value is -1.99. The van der Waals surface area contributed by atoms with Gasteiger partial charge in [-0.3, -0.25) is 0 Å². The third-order valence-corrected chi connectivity index (χ3v) is 1.58. The number of hydrogen-bond acceptors (Lipinski definition) is 5. The molecular formula is C7H6F2N2O4. The van der Waals surface area contributed by atoms with Crippen molar-refractivity contribution in [3.8, 4) is 11.5 Å². The molecule has 0 saturated heterocycles. The maximum absolute atomic E-state index is 12.3. The highest BCUT2D eigenvalue weighted by molar-refractivity contribution is 5.46. The molecule has 1 rings (SSSR count). The molecule has 0 unspecified atom stereocenters. The van der Waals surface area contributed by atoms with Gasteiger partial charge in [0.05, 0.1) is 7.11 Å². The van der Waals surface area contributed by atoms with Crippen LogP contribution in [0.4, 0.5) is 14.6 Å². The maximum atomic E-state index is 12.3. The number of aromatic nitrogens is 1. The van der Waals surface area contributed by atoms with Crippen molar-refractivity contribution in [1.82, 2.24) is 4.98 Å². The Balaban J connectivity index is 3.37. The molecule has 0 atom stereocenters. The molecular weight excluding hydrogens is 214 g/mol. The van der Waals surface area contributed by atoms with Gasteiger partial charge >= 0.3 is 12.2 Å². The Kier molecular flexibility index (Phi) is 2.98. The molecule has 1 heterocycles. The van der Waals surface area contributed by atoms with Crippen LogP contribution in [0.1, 0.15) is 12.1 Å². The Labute approximate surface area is 82.3 Å². The van der Waals surface area contributed by atoms with E-state index in [0.29, 0.717) is 0 Å². The van der Waals surface area contributed by atoms with E-state index in [1.807, 2.05) is 0 Å². The Morgan fingerprint density at radius 1 is 1.67 bits per heavy atom. The Morgan fingerprint density at radius 2 is 2.27 bits per heavy atom. The zero-order chi connectivity index (χ0) is 11.6. The van der Waals surface area contributed by atoms with Gasteiger partial charge in [0, 0.05) is 6.07 Å². The second-order valence-electron chi connectivity index (χ2n) is 2.48. The van der Waals surface area contributed by atoms with E-state index in [2.05, 4.69) is 9.72 Å². The molecule has 82 valence electrons. The van der Waals surface area contributed by atoms with Gasteiger partial charge in [-0.05, 0) is 9.91 Å². The van der Waals surface area contributed by atoms with Crippen molar-refractivity contribution < 1.29 is 23.5 Å². The van der Waals surface area contributed by atoms with Crippen LogP contribution >= 0.6 is 0 Å². The lowest BCUT2D eigenvalue weighted by Gasteiger charge is -2.04. The van der Waals surface area contributed by atoms with Crippen LogP contribution in [-0.4, -0.2) is 22.1 Å². The summed E-state index contributed by atoms with van der Waals surface area (Å²) in [6.45, 7) is 0. The number of rotatable bonds is 3. The smallest absolute Gasteiger partial charge is 0.406 e. The third kappa shape index (κ3) is 2.09. The van der Waals surface area contributed by atoms with Crippen molar-refractivity contribution in [2.75, 3.05) is 7.11 Å². The number of hydrogen-bond donors (Lipinski definition) is 1. The molecule has 1 aromatic heterocycles. The van der Waals surface area contributed by atoms with Crippen LogP contribution in [0.5, 0.6) is 11.5 Å². The van der Waals surface area contributed by atoms with E-state index in [1.165, 1.54) is 0 Å². The lowest BCUT2D eigenvalue weighted by molar-refractivity contribution is -0.390. The number of alkyl halides is 2. The monoisotopic (exact) mass is 220 g/mol. The third-order valence-electron chi connectivity index (χ3n) is 1.58. The van der Waals surface area contributed by atoms with Crippen molar-refractivity contribution in [2.45, 2.75) is 6.43 Å². The minimum absolute atomic E-state index is 0.395. The van der Waals surface area contributed by atoms with Crippen LogP contribution in [0.3, 0.4) is 0 Å². The lowest BCUT2D eigenvalue weighted by atomic mass is 10.3. The summed E-state index contributed by atoms with van der Waals surface area (Å²) in [4.78, 5) is 12.3. The van der Waals surface area contributed by atoms with Gasteiger partial charge in [-0.1, -0.05) is 0 Å². The standard InChI is InChI=1S/C7H6F2N2O4/c1-15-4-2-3(12)7(11(13)14)10-5(4)6(8)9/h2,6,12H,1H3. The van der Waals surface area contributed by atoms with Crippen LogP contribution < -0.4 is 4.74 Å². The molecule has 0 aliphatic heterocycles. The van der Waals surface area contributed by atoms with Gasteiger partial charge in [0.2, 0.25) is 5.75 Å². The van der Waals surface area contributed by atoms with E-state index >= 15 is 0 Å². The van der Waals surface area contributed by atoms with Gasteiger partial charge in [-0.15, -0.1) is 0 Å². The number of halogens is 2. The van der Waals surface area contributed by atoms with E-state index in [1.54, 1.807) is 0 Å². The summed E-state index contributed by atoms with van der Waals surface area (Å²) in [7, 11) is 1.09. The van der Waals surface area contributed by atoms with Gasteiger partial charge in [-0.25, -0.2) is 8.78 Å². The Bertz CT molecular complexity index is 397. The molecule has 15 heavy (non-hydrogen) atoms. The Morgan fingerprint density at radius 3 is 2.67 bits per heavy atom. The fourth-order valence-electron chi connectivity index (χ4n) is 0.943. The second kappa shape index (κ2) is 4.03. The summed E-state index contributed by atoms with van der Waals surface area (Å²) in [6, 6.07) is 0.729. The molecule has 0 aliphatic carbocycles.